The summed E-state index contributed by atoms with van der Waals surface area (Å²) in [5.41, 5.74) is 5.59. The number of ether oxygens (including phenoxy) is 1. The van der Waals surface area contributed by atoms with E-state index in [0.29, 0.717) is 12.6 Å². The Hall–Kier alpha value is -0.160. The zero-order chi connectivity index (χ0) is 10.4. The Kier molecular flexibility index (Phi) is 5.40. The highest BCUT2D eigenvalue weighted by Crippen LogP contribution is 2.15. The molecule has 1 aliphatic rings. The maximum absolute atomic E-state index is 9.13. The van der Waals surface area contributed by atoms with Crippen molar-refractivity contribution < 1.29 is 9.84 Å². The summed E-state index contributed by atoms with van der Waals surface area (Å²) in [6, 6.07) is 0.109. The molecule has 3 N–H and O–H groups in total. The average molecular weight is 202 g/mol. The minimum Gasteiger partial charge on any atom is -0.395 e. The molecule has 2 unspecified atom stereocenters. The number of nitrogens with zero attached hydrogens (tertiary/aromatic N) is 1. The van der Waals surface area contributed by atoms with Crippen LogP contribution in [0.25, 0.3) is 0 Å². The van der Waals surface area contributed by atoms with Crippen LogP contribution in [0.2, 0.25) is 0 Å². The summed E-state index contributed by atoms with van der Waals surface area (Å²) < 4.78 is 5.59. The largest absolute Gasteiger partial charge is 0.395 e. The van der Waals surface area contributed by atoms with E-state index in [4.69, 9.17) is 15.6 Å². The van der Waals surface area contributed by atoms with Gasteiger partial charge in [-0.1, -0.05) is 0 Å². The predicted molar refractivity (Wildman–Crippen MR) is 56.1 cm³/mol. The van der Waals surface area contributed by atoms with E-state index in [2.05, 4.69) is 4.90 Å². The molecule has 1 saturated heterocycles. The minimum absolute atomic E-state index is 0.109. The summed E-state index contributed by atoms with van der Waals surface area (Å²) in [6.07, 6.45) is 2.60. The molecule has 14 heavy (non-hydrogen) atoms. The van der Waals surface area contributed by atoms with Gasteiger partial charge >= 0.3 is 0 Å². The third-order valence-electron chi connectivity index (χ3n) is 2.81. The fourth-order valence-electron chi connectivity index (χ4n) is 2.01. The Morgan fingerprint density at radius 1 is 1.64 bits per heavy atom. The number of aliphatic hydroxyl groups is 1. The normalized spacial score (nSPS) is 26.4. The molecule has 2 atom stereocenters. The van der Waals surface area contributed by atoms with Crippen LogP contribution >= 0.6 is 0 Å². The number of aliphatic hydroxyl groups excluding tert-OH is 1. The summed E-state index contributed by atoms with van der Waals surface area (Å²) in [5.74, 6) is 0. The molecule has 0 saturated carbocycles. The van der Waals surface area contributed by atoms with Crippen LogP contribution < -0.4 is 5.73 Å². The third-order valence-corrected chi connectivity index (χ3v) is 2.81. The number of hydrogen-bond donors (Lipinski definition) is 2. The molecule has 4 nitrogen and oxygen atoms in total. The van der Waals surface area contributed by atoms with Gasteiger partial charge < -0.3 is 15.6 Å². The summed E-state index contributed by atoms with van der Waals surface area (Å²) in [5, 5.41) is 9.13. The van der Waals surface area contributed by atoms with Gasteiger partial charge in [0.25, 0.3) is 0 Å². The van der Waals surface area contributed by atoms with Gasteiger partial charge in [-0.2, -0.15) is 0 Å². The van der Waals surface area contributed by atoms with Gasteiger partial charge in [-0.25, -0.2) is 0 Å². The van der Waals surface area contributed by atoms with Gasteiger partial charge in [-0.3, -0.25) is 4.90 Å². The van der Waals surface area contributed by atoms with Crippen molar-refractivity contribution in [1.82, 2.24) is 4.90 Å². The Balaban J connectivity index is 2.38. The van der Waals surface area contributed by atoms with Gasteiger partial charge in [-0.15, -0.1) is 0 Å². The van der Waals surface area contributed by atoms with Crippen LogP contribution in [0, 0.1) is 0 Å². The fraction of sp³-hybridized carbons (Fsp3) is 1.00. The van der Waals surface area contributed by atoms with Crippen molar-refractivity contribution in [2.24, 2.45) is 5.73 Å². The van der Waals surface area contributed by atoms with Crippen LogP contribution in [-0.4, -0.2) is 55.0 Å². The number of piperidine rings is 1. The minimum atomic E-state index is 0.109. The number of nitrogens with two attached hydrogens (primary N) is 1. The van der Waals surface area contributed by atoms with Gasteiger partial charge in [0.2, 0.25) is 0 Å². The van der Waals surface area contributed by atoms with Crippen LogP contribution in [0.15, 0.2) is 0 Å². The molecule has 4 heteroatoms. The maximum Gasteiger partial charge on any atom is 0.0702 e. The molecule has 84 valence electrons. The zero-order valence-corrected chi connectivity index (χ0v) is 8.98. The molecule has 1 aliphatic heterocycles. The molecule has 0 aromatic carbocycles. The fourth-order valence-corrected chi connectivity index (χ4v) is 2.01. The van der Waals surface area contributed by atoms with Crippen molar-refractivity contribution in [3.05, 3.63) is 0 Å². The van der Waals surface area contributed by atoms with Crippen LogP contribution in [0.4, 0.5) is 0 Å². The molecule has 0 spiro atoms. The standard InChI is InChI=1S/C10H22N2O2/c1-2-14-10-4-3-5-12(7-10)9(6-11)8-13/h9-10,13H,2-8,11H2,1H3. The van der Waals surface area contributed by atoms with Gasteiger partial charge in [-0.05, 0) is 26.3 Å². The zero-order valence-electron chi connectivity index (χ0n) is 8.98. The van der Waals surface area contributed by atoms with Crippen molar-refractivity contribution in [3.63, 3.8) is 0 Å². The van der Waals surface area contributed by atoms with E-state index in [1.54, 1.807) is 0 Å². The lowest BCUT2D eigenvalue weighted by atomic mass is 10.1. The van der Waals surface area contributed by atoms with Crippen molar-refractivity contribution >= 4 is 0 Å². The van der Waals surface area contributed by atoms with Crippen LogP contribution in [0.3, 0.4) is 0 Å². The summed E-state index contributed by atoms with van der Waals surface area (Å²) in [6.45, 7) is 5.41. The van der Waals surface area contributed by atoms with E-state index in [1.165, 1.54) is 0 Å². The van der Waals surface area contributed by atoms with Gasteiger partial charge in [0.15, 0.2) is 0 Å². The number of likely N-dealkylation sites (tertiary alicyclic amines) is 1. The van der Waals surface area contributed by atoms with Crippen molar-refractivity contribution in [2.45, 2.75) is 31.9 Å². The van der Waals surface area contributed by atoms with E-state index in [0.717, 1.165) is 32.5 Å². The second-order valence-corrected chi connectivity index (χ2v) is 3.79. The van der Waals surface area contributed by atoms with Crippen LogP contribution in [-0.2, 0) is 4.74 Å². The first-order valence-corrected chi connectivity index (χ1v) is 5.48. The first-order valence-electron chi connectivity index (χ1n) is 5.48. The monoisotopic (exact) mass is 202 g/mol. The van der Waals surface area contributed by atoms with Crippen molar-refractivity contribution in [2.75, 3.05) is 32.8 Å². The second kappa shape index (κ2) is 6.35. The average Bonchev–Trinajstić information content (AvgIpc) is 2.21. The van der Waals surface area contributed by atoms with Gasteiger partial charge in [0.1, 0.15) is 0 Å². The summed E-state index contributed by atoms with van der Waals surface area (Å²) in [7, 11) is 0. The van der Waals surface area contributed by atoms with E-state index in [1.807, 2.05) is 6.92 Å². The quantitative estimate of drug-likeness (QED) is 0.648. The molecule has 1 heterocycles. The van der Waals surface area contributed by atoms with Gasteiger partial charge in [0, 0.05) is 25.7 Å². The Bertz CT molecular complexity index is 149. The molecule has 0 aromatic heterocycles. The molecule has 0 amide bonds. The lowest BCUT2D eigenvalue weighted by molar-refractivity contribution is -0.0139. The predicted octanol–water partition coefficient (Wildman–Crippen LogP) is -0.193. The molecule has 0 aromatic rings. The van der Waals surface area contributed by atoms with Crippen LogP contribution in [0.5, 0.6) is 0 Å². The van der Waals surface area contributed by atoms with Crippen molar-refractivity contribution in [1.29, 1.82) is 0 Å². The van der Waals surface area contributed by atoms with E-state index in [-0.39, 0.29) is 12.6 Å². The summed E-state index contributed by atoms with van der Waals surface area (Å²) >= 11 is 0. The highest BCUT2D eigenvalue weighted by molar-refractivity contribution is 4.79. The molecular weight excluding hydrogens is 180 g/mol. The Morgan fingerprint density at radius 3 is 3.00 bits per heavy atom. The van der Waals surface area contributed by atoms with Crippen molar-refractivity contribution in [3.8, 4) is 0 Å². The lowest BCUT2D eigenvalue weighted by Crippen LogP contribution is -2.50. The third kappa shape index (κ3) is 3.20. The highest BCUT2D eigenvalue weighted by atomic mass is 16.5. The SMILES string of the molecule is CCOC1CCCN(C(CN)CO)C1. The van der Waals surface area contributed by atoms with Crippen LogP contribution in [0.1, 0.15) is 19.8 Å². The maximum atomic E-state index is 9.13. The molecule has 0 radical (unpaired) electrons. The molecular formula is C10H22N2O2. The number of hydrogen-bond acceptors (Lipinski definition) is 4. The van der Waals surface area contributed by atoms with E-state index < -0.39 is 0 Å². The lowest BCUT2D eigenvalue weighted by Gasteiger charge is -2.36. The smallest absolute Gasteiger partial charge is 0.0702 e. The molecule has 1 rings (SSSR count). The molecule has 0 bridgehead atoms. The Labute approximate surface area is 86.0 Å². The highest BCUT2D eigenvalue weighted by Gasteiger charge is 2.24. The molecule has 1 fully saturated rings. The first-order chi connectivity index (χ1) is 6.81. The van der Waals surface area contributed by atoms with E-state index >= 15 is 0 Å². The second-order valence-electron chi connectivity index (χ2n) is 3.79. The number of rotatable bonds is 5. The Morgan fingerprint density at radius 2 is 2.43 bits per heavy atom. The van der Waals surface area contributed by atoms with E-state index in [9.17, 15) is 0 Å². The topological polar surface area (TPSA) is 58.7 Å². The summed E-state index contributed by atoms with van der Waals surface area (Å²) in [4.78, 5) is 2.24. The first kappa shape index (κ1) is 11.9. The van der Waals surface area contributed by atoms with Gasteiger partial charge in [0.05, 0.1) is 12.7 Å². The molecule has 0 aliphatic carbocycles.